The van der Waals surface area contributed by atoms with Gasteiger partial charge in [-0.2, -0.15) is 0 Å². The summed E-state index contributed by atoms with van der Waals surface area (Å²) in [7, 11) is 4.68. The minimum absolute atomic E-state index is 0. The van der Waals surface area contributed by atoms with Gasteiger partial charge in [0.2, 0.25) is 0 Å². The van der Waals surface area contributed by atoms with E-state index in [0.717, 1.165) is 37.1 Å². The number of rotatable bonds is 3. The van der Waals surface area contributed by atoms with Crippen molar-refractivity contribution < 1.29 is 37.9 Å². The summed E-state index contributed by atoms with van der Waals surface area (Å²) in [6, 6.07) is 11.6. The number of hydrogen-bond donors (Lipinski definition) is 0. The monoisotopic (exact) mass is 389 g/mol. The Kier molecular flexibility index (Phi) is 5.45. The number of ether oxygens (including phenoxy) is 2. The molecule has 2 aliphatic rings. The number of piperidine rings is 1. The van der Waals surface area contributed by atoms with Crippen molar-refractivity contribution in [3.05, 3.63) is 35.9 Å². The summed E-state index contributed by atoms with van der Waals surface area (Å²) < 4.78 is 12.9. The topological polar surface area (TPSA) is 18.5 Å². The second kappa shape index (κ2) is 6.73. The molecular weight excluding hydrogens is 365 g/mol. The Morgan fingerprint density at radius 1 is 1.10 bits per heavy atom. The lowest BCUT2D eigenvalue weighted by atomic mass is 9.90. The average molecular weight is 389 g/mol. The van der Waals surface area contributed by atoms with E-state index in [9.17, 15) is 0 Å². The highest BCUT2D eigenvalue weighted by molar-refractivity contribution is 5.13. The van der Waals surface area contributed by atoms with Crippen molar-refractivity contribution in [1.29, 1.82) is 0 Å². The fourth-order valence-electron chi connectivity index (χ4n) is 3.33. The van der Waals surface area contributed by atoms with Crippen molar-refractivity contribution in [2.45, 2.75) is 37.6 Å². The molecule has 3 rings (SSSR count). The molecule has 0 saturated carbocycles. The molecular formula is C16H24INO2. The number of halogens is 1. The maximum Gasteiger partial charge on any atom is 0.115 e. The predicted octanol–water partition coefficient (Wildman–Crippen LogP) is -0.787. The Hall–Kier alpha value is -0.170. The van der Waals surface area contributed by atoms with Gasteiger partial charge in [0.05, 0.1) is 40.0 Å². The first-order valence-electron chi connectivity index (χ1n) is 7.23. The van der Waals surface area contributed by atoms with Gasteiger partial charge in [-0.25, -0.2) is 0 Å². The largest absolute Gasteiger partial charge is 1.00 e. The van der Waals surface area contributed by atoms with Crippen molar-refractivity contribution in [3.63, 3.8) is 0 Å². The van der Waals surface area contributed by atoms with E-state index in [1.165, 1.54) is 5.56 Å². The standard InChI is InChI=1S/C16H24NO2.HI/c1-17(2)14-8-16(9-15(17)12-18-11-14)19-10-13-6-4-3-5-7-13;/h3-7,14-16H,8-12H2,1-2H3;1H/q+1;/p-1. The van der Waals surface area contributed by atoms with Gasteiger partial charge < -0.3 is 37.9 Å². The van der Waals surface area contributed by atoms with Crippen LogP contribution in [0.2, 0.25) is 0 Å². The smallest absolute Gasteiger partial charge is 0.115 e. The van der Waals surface area contributed by atoms with Gasteiger partial charge in [-0.15, -0.1) is 0 Å². The van der Waals surface area contributed by atoms with Gasteiger partial charge in [-0.3, -0.25) is 0 Å². The summed E-state index contributed by atoms with van der Waals surface area (Å²) in [4.78, 5) is 0. The molecule has 112 valence electrons. The van der Waals surface area contributed by atoms with Crippen LogP contribution in [0, 0.1) is 0 Å². The summed E-state index contributed by atoms with van der Waals surface area (Å²) >= 11 is 0. The summed E-state index contributed by atoms with van der Waals surface area (Å²) in [5.41, 5.74) is 1.27. The molecule has 4 heteroatoms. The zero-order chi connectivity index (χ0) is 13.3. The fraction of sp³-hybridized carbons (Fsp3) is 0.625. The Balaban J connectivity index is 0.00000147. The van der Waals surface area contributed by atoms with Gasteiger partial charge in [0.1, 0.15) is 12.1 Å². The summed E-state index contributed by atoms with van der Waals surface area (Å²) in [6.45, 7) is 2.50. The molecule has 1 aromatic carbocycles. The molecule has 0 radical (unpaired) electrons. The number of benzene rings is 1. The summed E-state index contributed by atoms with van der Waals surface area (Å²) in [5, 5.41) is 0. The Morgan fingerprint density at radius 3 is 2.30 bits per heavy atom. The van der Waals surface area contributed by atoms with Gasteiger partial charge in [0, 0.05) is 12.8 Å². The van der Waals surface area contributed by atoms with E-state index in [1.807, 2.05) is 6.07 Å². The van der Waals surface area contributed by atoms with Crippen LogP contribution >= 0.6 is 0 Å². The number of morpholine rings is 1. The number of hydrogen-bond acceptors (Lipinski definition) is 2. The Bertz CT molecular complexity index is 408. The van der Waals surface area contributed by atoms with Crippen LogP contribution in [0.5, 0.6) is 0 Å². The fourth-order valence-corrected chi connectivity index (χ4v) is 3.33. The minimum Gasteiger partial charge on any atom is -1.00 e. The zero-order valence-electron chi connectivity index (χ0n) is 12.3. The van der Waals surface area contributed by atoms with Gasteiger partial charge >= 0.3 is 0 Å². The van der Waals surface area contributed by atoms with Crippen LogP contribution in [0.1, 0.15) is 18.4 Å². The van der Waals surface area contributed by atoms with Crippen LogP contribution in [-0.2, 0) is 16.1 Å². The number of quaternary nitrogens is 1. The Morgan fingerprint density at radius 2 is 1.70 bits per heavy atom. The van der Waals surface area contributed by atoms with Crippen LogP contribution in [0.4, 0.5) is 0 Å². The van der Waals surface area contributed by atoms with Crippen molar-refractivity contribution in [3.8, 4) is 0 Å². The molecule has 0 spiro atoms. The van der Waals surface area contributed by atoms with Gasteiger partial charge in [-0.1, -0.05) is 30.3 Å². The summed E-state index contributed by atoms with van der Waals surface area (Å²) in [6.07, 6.45) is 2.64. The van der Waals surface area contributed by atoms with Crippen molar-refractivity contribution in [2.24, 2.45) is 0 Å². The van der Waals surface area contributed by atoms with Crippen molar-refractivity contribution in [1.82, 2.24) is 0 Å². The number of likely N-dealkylation sites (N-methyl/N-ethyl adjacent to an activating group) is 1. The summed E-state index contributed by atoms with van der Waals surface area (Å²) in [5.74, 6) is 0. The zero-order valence-corrected chi connectivity index (χ0v) is 14.5. The first-order chi connectivity index (χ1) is 9.16. The molecule has 2 aliphatic heterocycles. The van der Waals surface area contributed by atoms with E-state index >= 15 is 0 Å². The van der Waals surface area contributed by atoms with Crippen molar-refractivity contribution in [2.75, 3.05) is 27.3 Å². The Labute approximate surface area is 138 Å². The van der Waals surface area contributed by atoms with Gasteiger partial charge in [0.25, 0.3) is 0 Å². The average Bonchev–Trinajstić information content (AvgIpc) is 2.37. The molecule has 20 heavy (non-hydrogen) atoms. The van der Waals surface area contributed by atoms with Crippen LogP contribution in [-0.4, -0.2) is 50.0 Å². The molecule has 0 amide bonds. The molecule has 2 heterocycles. The second-order valence-corrected chi connectivity index (χ2v) is 6.36. The molecule has 2 fully saturated rings. The lowest BCUT2D eigenvalue weighted by Crippen LogP contribution is -3.00. The first-order valence-corrected chi connectivity index (χ1v) is 7.23. The van der Waals surface area contributed by atoms with E-state index in [-0.39, 0.29) is 24.0 Å². The molecule has 2 saturated heterocycles. The third-order valence-corrected chi connectivity index (χ3v) is 4.90. The van der Waals surface area contributed by atoms with E-state index in [4.69, 9.17) is 9.47 Å². The predicted molar refractivity (Wildman–Crippen MR) is 74.8 cm³/mol. The van der Waals surface area contributed by atoms with E-state index in [2.05, 4.69) is 38.4 Å². The number of nitrogens with zero attached hydrogens (tertiary/aromatic N) is 1. The second-order valence-electron chi connectivity index (χ2n) is 6.36. The SMILES string of the molecule is C[N+]1(C)C2COCC1CC(OCc1ccccc1)C2.[I-]. The maximum atomic E-state index is 6.13. The third-order valence-electron chi connectivity index (χ3n) is 4.90. The van der Waals surface area contributed by atoms with Crippen LogP contribution in [0.3, 0.4) is 0 Å². The first kappa shape index (κ1) is 16.2. The van der Waals surface area contributed by atoms with Crippen LogP contribution < -0.4 is 24.0 Å². The highest BCUT2D eigenvalue weighted by Crippen LogP contribution is 2.33. The lowest BCUT2D eigenvalue weighted by Gasteiger charge is -2.52. The van der Waals surface area contributed by atoms with E-state index in [0.29, 0.717) is 18.2 Å². The maximum absolute atomic E-state index is 6.13. The van der Waals surface area contributed by atoms with Gasteiger partial charge in [0.15, 0.2) is 0 Å². The van der Waals surface area contributed by atoms with E-state index < -0.39 is 0 Å². The molecule has 0 aliphatic carbocycles. The molecule has 2 bridgehead atoms. The molecule has 0 N–H and O–H groups in total. The van der Waals surface area contributed by atoms with Gasteiger partial charge in [-0.05, 0) is 5.56 Å². The van der Waals surface area contributed by atoms with E-state index in [1.54, 1.807) is 0 Å². The van der Waals surface area contributed by atoms with Crippen LogP contribution in [0.15, 0.2) is 30.3 Å². The number of fused-ring (bicyclic) bond motifs is 2. The third kappa shape index (κ3) is 3.35. The normalized spacial score (nSPS) is 31.4. The molecule has 2 atom stereocenters. The molecule has 2 unspecified atom stereocenters. The highest BCUT2D eigenvalue weighted by atomic mass is 127. The lowest BCUT2D eigenvalue weighted by molar-refractivity contribution is -0.953. The molecule has 1 aromatic rings. The highest BCUT2D eigenvalue weighted by Gasteiger charge is 2.47. The van der Waals surface area contributed by atoms with Crippen LogP contribution in [0.25, 0.3) is 0 Å². The quantitative estimate of drug-likeness (QED) is 0.499. The van der Waals surface area contributed by atoms with Crippen molar-refractivity contribution >= 4 is 0 Å². The molecule has 3 nitrogen and oxygen atoms in total. The minimum atomic E-state index is 0. The molecule has 0 aromatic heterocycles.